The fraction of sp³-hybridized carbons (Fsp3) is 0.333. The number of halogens is 2. The van der Waals surface area contributed by atoms with Crippen LogP contribution in [-0.2, 0) is 6.54 Å². The van der Waals surface area contributed by atoms with E-state index in [9.17, 15) is 8.78 Å². The average Bonchev–Trinajstić information content (AvgIpc) is 2.61. The van der Waals surface area contributed by atoms with Crippen LogP contribution in [0.3, 0.4) is 0 Å². The Kier molecular flexibility index (Phi) is 7.28. The number of benzene rings is 2. The van der Waals surface area contributed by atoms with Gasteiger partial charge in [0.15, 0.2) is 11.5 Å². The van der Waals surface area contributed by atoms with Crippen molar-refractivity contribution in [3.63, 3.8) is 0 Å². The summed E-state index contributed by atoms with van der Waals surface area (Å²) in [5.41, 5.74) is 0.806. The maximum absolute atomic E-state index is 12.4. The molecule has 7 heteroatoms. The Morgan fingerprint density at radius 1 is 0.920 bits per heavy atom. The van der Waals surface area contributed by atoms with Crippen molar-refractivity contribution in [3.8, 4) is 23.0 Å². The Balaban J connectivity index is 1.77. The van der Waals surface area contributed by atoms with Crippen LogP contribution >= 0.6 is 0 Å². The predicted octanol–water partition coefficient (Wildman–Crippen LogP) is 3.47. The van der Waals surface area contributed by atoms with Gasteiger partial charge in [0.2, 0.25) is 0 Å². The Morgan fingerprint density at radius 3 is 2.28 bits per heavy atom. The van der Waals surface area contributed by atoms with Crippen molar-refractivity contribution in [1.82, 2.24) is 5.32 Å². The summed E-state index contributed by atoms with van der Waals surface area (Å²) in [7, 11) is 3.01. The molecule has 136 valence electrons. The highest BCUT2D eigenvalue weighted by Gasteiger charge is 2.11. The van der Waals surface area contributed by atoms with E-state index in [0.717, 1.165) is 17.1 Å². The molecule has 0 aliphatic heterocycles. The van der Waals surface area contributed by atoms with Gasteiger partial charge in [-0.15, -0.1) is 0 Å². The zero-order chi connectivity index (χ0) is 18.1. The smallest absolute Gasteiger partial charge is 0.387 e. The Bertz CT molecular complexity index is 650. The lowest BCUT2D eigenvalue weighted by Gasteiger charge is -2.12. The van der Waals surface area contributed by atoms with E-state index in [0.29, 0.717) is 19.7 Å². The summed E-state index contributed by atoms with van der Waals surface area (Å²) in [5.74, 6) is 1.81. The second-order valence-electron chi connectivity index (χ2n) is 5.06. The lowest BCUT2D eigenvalue weighted by Crippen LogP contribution is -2.20. The fourth-order valence-corrected chi connectivity index (χ4v) is 2.16. The summed E-state index contributed by atoms with van der Waals surface area (Å²) in [5, 5.41) is 3.18. The summed E-state index contributed by atoms with van der Waals surface area (Å²) in [4.78, 5) is 0. The highest BCUT2D eigenvalue weighted by atomic mass is 19.3. The molecule has 0 saturated heterocycles. The van der Waals surface area contributed by atoms with Crippen LogP contribution in [0.1, 0.15) is 5.56 Å². The summed E-state index contributed by atoms with van der Waals surface area (Å²) < 4.78 is 45.0. The van der Waals surface area contributed by atoms with Crippen molar-refractivity contribution in [2.45, 2.75) is 13.2 Å². The minimum Gasteiger partial charge on any atom is -0.497 e. The van der Waals surface area contributed by atoms with E-state index in [1.807, 2.05) is 24.3 Å². The molecule has 0 aliphatic carbocycles. The molecule has 2 aromatic carbocycles. The van der Waals surface area contributed by atoms with Crippen molar-refractivity contribution in [2.24, 2.45) is 0 Å². The number of ether oxygens (including phenoxy) is 4. The van der Waals surface area contributed by atoms with Crippen LogP contribution < -0.4 is 24.3 Å². The molecule has 0 amide bonds. The molecule has 0 aromatic heterocycles. The molecule has 0 bridgehead atoms. The van der Waals surface area contributed by atoms with E-state index in [1.54, 1.807) is 19.2 Å². The molecule has 0 radical (unpaired) electrons. The summed E-state index contributed by atoms with van der Waals surface area (Å²) >= 11 is 0. The summed E-state index contributed by atoms with van der Waals surface area (Å²) in [6.07, 6.45) is 0. The number of hydrogen-bond acceptors (Lipinski definition) is 5. The predicted molar refractivity (Wildman–Crippen MR) is 89.8 cm³/mol. The monoisotopic (exact) mass is 353 g/mol. The van der Waals surface area contributed by atoms with Gasteiger partial charge in [-0.05, 0) is 42.0 Å². The number of alkyl halides is 2. The van der Waals surface area contributed by atoms with Crippen molar-refractivity contribution < 1.29 is 27.7 Å². The maximum atomic E-state index is 12.4. The van der Waals surface area contributed by atoms with E-state index < -0.39 is 6.61 Å². The van der Waals surface area contributed by atoms with Crippen LogP contribution in [0.25, 0.3) is 0 Å². The molecule has 0 fully saturated rings. The molecule has 0 saturated carbocycles. The number of rotatable bonds is 10. The van der Waals surface area contributed by atoms with Crippen LogP contribution in [0.4, 0.5) is 8.78 Å². The van der Waals surface area contributed by atoms with Gasteiger partial charge in [-0.1, -0.05) is 6.07 Å². The molecule has 0 atom stereocenters. The molecule has 0 spiro atoms. The number of hydrogen-bond donors (Lipinski definition) is 1. The van der Waals surface area contributed by atoms with Gasteiger partial charge in [0.1, 0.15) is 18.1 Å². The molecule has 0 aliphatic rings. The van der Waals surface area contributed by atoms with Gasteiger partial charge in [0.25, 0.3) is 0 Å². The first-order valence-corrected chi connectivity index (χ1v) is 7.71. The van der Waals surface area contributed by atoms with Crippen molar-refractivity contribution in [1.29, 1.82) is 0 Å². The zero-order valence-corrected chi connectivity index (χ0v) is 14.1. The standard InChI is InChI=1S/C18H21F2NO4/c1-22-14-4-6-15(7-5-14)24-10-9-21-12-13-3-8-16(23-2)17(11-13)25-18(19)20/h3-8,11,18,21H,9-10,12H2,1-2H3. The Labute approximate surface area is 145 Å². The lowest BCUT2D eigenvalue weighted by molar-refractivity contribution is -0.0512. The Hall–Kier alpha value is -2.54. The van der Waals surface area contributed by atoms with Crippen LogP contribution in [0.15, 0.2) is 42.5 Å². The van der Waals surface area contributed by atoms with Gasteiger partial charge in [-0.3, -0.25) is 0 Å². The number of methoxy groups -OCH3 is 2. The van der Waals surface area contributed by atoms with Gasteiger partial charge in [-0.25, -0.2) is 0 Å². The third-order valence-electron chi connectivity index (χ3n) is 3.38. The van der Waals surface area contributed by atoms with Crippen molar-refractivity contribution in [2.75, 3.05) is 27.4 Å². The van der Waals surface area contributed by atoms with Crippen LogP contribution in [-0.4, -0.2) is 34.0 Å². The zero-order valence-electron chi connectivity index (χ0n) is 14.1. The third kappa shape index (κ3) is 6.11. The van der Waals surface area contributed by atoms with E-state index in [1.165, 1.54) is 13.2 Å². The highest BCUT2D eigenvalue weighted by molar-refractivity contribution is 5.43. The number of nitrogens with one attached hydrogen (secondary N) is 1. The molecule has 5 nitrogen and oxygen atoms in total. The first-order chi connectivity index (χ1) is 12.1. The van der Waals surface area contributed by atoms with Gasteiger partial charge >= 0.3 is 6.61 Å². The first-order valence-electron chi connectivity index (χ1n) is 7.71. The molecule has 0 unspecified atom stereocenters. The Morgan fingerprint density at radius 2 is 1.64 bits per heavy atom. The highest BCUT2D eigenvalue weighted by Crippen LogP contribution is 2.29. The van der Waals surface area contributed by atoms with E-state index in [2.05, 4.69) is 10.1 Å². The van der Waals surface area contributed by atoms with Gasteiger partial charge in [0.05, 0.1) is 14.2 Å². The van der Waals surface area contributed by atoms with Crippen molar-refractivity contribution in [3.05, 3.63) is 48.0 Å². The molecule has 25 heavy (non-hydrogen) atoms. The molecule has 2 rings (SSSR count). The molecule has 0 heterocycles. The van der Waals surface area contributed by atoms with Gasteiger partial charge in [-0.2, -0.15) is 8.78 Å². The SMILES string of the molecule is COc1ccc(OCCNCc2ccc(OC)c(OC(F)F)c2)cc1. The normalized spacial score (nSPS) is 10.6. The largest absolute Gasteiger partial charge is 0.497 e. The average molecular weight is 353 g/mol. The van der Waals surface area contributed by atoms with E-state index >= 15 is 0 Å². The molecular weight excluding hydrogens is 332 g/mol. The van der Waals surface area contributed by atoms with E-state index in [4.69, 9.17) is 14.2 Å². The maximum Gasteiger partial charge on any atom is 0.387 e. The topological polar surface area (TPSA) is 49.0 Å². The molecule has 1 N–H and O–H groups in total. The quantitative estimate of drug-likeness (QED) is 0.663. The fourth-order valence-electron chi connectivity index (χ4n) is 2.16. The van der Waals surface area contributed by atoms with Crippen LogP contribution in [0.2, 0.25) is 0 Å². The summed E-state index contributed by atoms with van der Waals surface area (Å²) in [6, 6.07) is 12.2. The van der Waals surface area contributed by atoms with E-state index in [-0.39, 0.29) is 11.5 Å². The first kappa shape index (κ1) is 18.8. The second kappa shape index (κ2) is 9.68. The lowest BCUT2D eigenvalue weighted by atomic mass is 10.2. The molecule has 2 aromatic rings. The van der Waals surface area contributed by atoms with Gasteiger partial charge < -0.3 is 24.3 Å². The second-order valence-corrected chi connectivity index (χ2v) is 5.06. The van der Waals surface area contributed by atoms with Crippen LogP contribution in [0, 0.1) is 0 Å². The van der Waals surface area contributed by atoms with Crippen molar-refractivity contribution >= 4 is 0 Å². The minimum absolute atomic E-state index is 0.0197. The third-order valence-corrected chi connectivity index (χ3v) is 3.38. The van der Waals surface area contributed by atoms with Crippen LogP contribution in [0.5, 0.6) is 23.0 Å². The minimum atomic E-state index is -2.89. The summed E-state index contributed by atoms with van der Waals surface area (Å²) in [6.45, 7) is -1.32. The molecular formula is C18H21F2NO4. The van der Waals surface area contributed by atoms with Gasteiger partial charge in [0, 0.05) is 13.1 Å².